The third-order valence-electron chi connectivity index (χ3n) is 3.57. The van der Waals surface area contributed by atoms with Crippen molar-refractivity contribution in [3.05, 3.63) is 34.4 Å². The van der Waals surface area contributed by atoms with Crippen molar-refractivity contribution >= 4 is 21.8 Å². The van der Waals surface area contributed by atoms with Crippen LogP contribution in [0.5, 0.6) is 0 Å². The minimum atomic E-state index is -4.00. The lowest BCUT2D eigenvalue weighted by molar-refractivity contribution is -0.387. The first-order valence-electron chi connectivity index (χ1n) is 7.99. The van der Waals surface area contributed by atoms with Crippen LogP contribution in [0.1, 0.15) is 20.8 Å². The molecule has 0 aromatic heterocycles. The van der Waals surface area contributed by atoms with Crippen molar-refractivity contribution in [2.75, 3.05) is 26.2 Å². The molecule has 1 N–H and O–H groups in total. The van der Waals surface area contributed by atoms with E-state index >= 15 is 0 Å². The van der Waals surface area contributed by atoms with Crippen molar-refractivity contribution in [2.45, 2.75) is 31.3 Å². The molecule has 1 aromatic rings. The topological polar surface area (TPSA) is 122 Å². The molecule has 1 aliphatic heterocycles. The maximum absolute atomic E-state index is 12.7. The summed E-state index contributed by atoms with van der Waals surface area (Å²) in [5, 5.41) is 12.6. The smallest absolute Gasteiger partial charge is 0.422 e. The number of amides is 1. The second-order valence-corrected chi connectivity index (χ2v) is 8.64. The van der Waals surface area contributed by atoms with E-state index < -0.39 is 32.3 Å². The summed E-state index contributed by atoms with van der Waals surface area (Å²) in [6.45, 7) is 5.87. The molecule has 1 aliphatic rings. The molecule has 0 atom stereocenters. The fourth-order valence-electron chi connectivity index (χ4n) is 2.44. The number of nitrogens with one attached hydrogen (secondary N) is 1. The van der Waals surface area contributed by atoms with Crippen LogP contribution in [0.25, 0.3) is 0 Å². The number of hydrazine groups is 1. The number of piperazine rings is 1. The Kier molecular flexibility index (Phi) is 5.84. The molecule has 1 fully saturated rings. The van der Waals surface area contributed by atoms with Gasteiger partial charge in [-0.15, -0.1) is 0 Å². The predicted molar refractivity (Wildman–Crippen MR) is 92.8 cm³/mol. The summed E-state index contributed by atoms with van der Waals surface area (Å²) in [5.41, 5.74) is 1.47. The van der Waals surface area contributed by atoms with Gasteiger partial charge in [-0.2, -0.15) is 4.31 Å². The number of ether oxygens (including phenoxy) is 1. The largest absolute Gasteiger partial charge is 0.443 e. The second-order valence-electron chi connectivity index (χ2n) is 6.73. The Morgan fingerprint density at radius 2 is 1.77 bits per heavy atom. The van der Waals surface area contributed by atoms with Crippen LogP contribution in [0.3, 0.4) is 0 Å². The van der Waals surface area contributed by atoms with E-state index in [2.05, 4.69) is 5.43 Å². The molecular weight excluding hydrogens is 364 g/mol. The minimum Gasteiger partial charge on any atom is -0.443 e. The minimum absolute atomic E-state index is 0.0875. The fraction of sp³-hybridized carbons (Fsp3) is 0.533. The van der Waals surface area contributed by atoms with Gasteiger partial charge in [0.2, 0.25) is 10.0 Å². The van der Waals surface area contributed by atoms with Crippen molar-refractivity contribution < 1.29 is 22.9 Å². The van der Waals surface area contributed by atoms with Crippen LogP contribution in [0.15, 0.2) is 29.2 Å². The summed E-state index contributed by atoms with van der Waals surface area (Å²) in [7, 11) is -4.00. The average molecular weight is 386 g/mol. The molecule has 0 radical (unpaired) electrons. The molecule has 1 heterocycles. The van der Waals surface area contributed by atoms with E-state index in [0.29, 0.717) is 0 Å². The van der Waals surface area contributed by atoms with Crippen LogP contribution in [-0.4, -0.2) is 60.5 Å². The molecule has 0 bridgehead atoms. The Hall–Kier alpha value is -2.24. The average Bonchev–Trinajstić information content (AvgIpc) is 2.53. The van der Waals surface area contributed by atoms with Gasteiger partial charge in [0.15, 0.2) is 4.90 Å². The molecule has 11 heteroatoms. The van der Waals surface area contributed by atoms with Crippen LogP contribution in [0, 0.1) is 10.1 Å². The van der Waals surface area contributed by atoms with Gasteiger partial charge in [-0.25, -0.2) is 18.2 Å². The van der Waals surface area contributed by atoms with E-state index in [1.807, 2.05) is 0 Å². The summed E-state index contributed by atoms with van der Waals surface area (Å²) in [4.78, 5) is 21.8. The van der Waals surface area contributed by atoms with Crippen molar-refractivity contribution in [3.8, 4) is 0 Å². The Bertz CT molecular complexity index is 782. The highest BCUT2D eigenvalue weighted by Crippen LogP contribution is 2.26. The summed E-state index contributed by atoms with van der Waals surface area (Å²) in [6, 6.07) is 5.24. The molecule has 2 rings (SSSR count). The zero-order chi connectivity index (χ0) is 19.5. The van der Waals surface area contributed by atoms with Gasteiger partial charge in [-0.05, 0) is 26.8 Å². The lowest BCUT2D eigenvalue weighted by Crippen LogP contribution is -2.55. The number of nitro groups is 1. The number of hydrogen-bond acceptors (Lipinski definition) is 7. The van der Waals surface area contributed by atoms with Gasteiger partial charge in [-0.3, -0.25) is 15.5 Å². The first-order valence-corrected chi connectivity index (χ1v) is 9.43. The summed E-state index contributed by atoms with van der Waals surface area (Å²) in [6.07, 6.45) is -0.618. The van der Waals surface area contributed by atoms with Crippen molar-refractivity contribution in [1.82, 2.24) is 14.7 Å². The van der Waals surface area contributed by atoms with E-state index in [0.717, 1.165) is 6.07 Å². The zero-order valence-electron chi connectivity index (χ0n) is 14.8. The number of nitrogens with zero attached hydrogens (tertiary/aromatic N) is 3. The molecule has 0 spiro atoms. The van der Waals surface area contributed by atoms with Crippen LogP contribution in [0.2, 0.25) is 0 Å². The monoisotopic (exact) mass is 386 g/mol. The Morgan fingerprint density at radius 1 is 1.19 bits per heavy atom. The number of carbonyl (C=O) groups excluding carboxylic acids is 1. The molecular formula is C15H22N4O6S. The van der Waals surface area contributed by atoms with Crippen molar-refractivity contribution in [2.24, 2.45) is 0 Å². The first kappa shape index (κ1) is 20.1. The summed E-state index contributed by atoms with van der Waals surface area (Å²) >= 11 is 0. The number of sulfonamides is 1. The molecule has 26 heavy (non-hydrogen) atoms. The zero-order valence-corrected chi connectivity index (χ0v) is 15.7. The first-order chi connectivity index (χ1) is 12.0. The van der Waals surface area contributed by atoms with Crippen LogP contribution in [-0.2, 0) is 14.8 Å². The highest BCUT2D eigenvalue weighted by atomic mass is 32.2. The van der Waals surface area contributed by atoms with Gasteiger partial charge in [0.05, 0.1) is 4.92 Å². The van der Waals surface area contributed by atoms with Gasteiger partial charge < -0.3 is 4.74 Å². The van der Waals surface area contributed by atoms with Crippen molar-refractivity contribution in [1.29, 1.82) is 0 Å². The number of para-hydroxylation sites is 1. The molecule has 0 saturated carbocycles. The standard InChI is InChI=1S/C15H22N4O6S/c1-15(2,3)25-14(20)16-17-8-10-18(11-9-17)26(23,24)13-7-5-4-6-12(13)19(21)22/h4-7H,8-11H2,1-3H3,(H,16,20). The molecule has 1 amide bonds. The number of benzene rings is 1. The Labute approximate surface area is 151 Å². The third-order valence-corrected chi connectivity index (χ3v) is 5.51. The molecule has 1 saturated heterocycles. The molecule has 0 aliphatic carbocycles. The lowest BCUT2D eigenvalue weighted by Gasteiger charge is -2.34. The number of rotatable bonds is 4. The van der Waals surface area contributed by atoms with Crippen molar-refractivity contribution in [3.63, 3.8) is 0 Å². The van der Waals surface area contributed by atoms with Gasteiger partial charge >= 0.3 is 6.09 Å². The number of nitro benzene ring substituents is 1. The highest BCUT2D eigenvalue weighted by Gasteiger charge is 2.34. The van der Waals surface area contributed by atoms with E-state index in [9.17, 15) is 23.3 Å². The van der Waals surface area contributed by atoms with E-state index in [-0.39, 0.29) is 31.1 Å². The predicted octanol–water partition coefficient (Wildman–Crippen LogP) is 1.34. The van der Waals surface area contributed by atoms with Gasteiger partial charge in [0.25, 0.3) is 5.69 Å². The number of carbonyl (C=O) groups is 1. The van der Waals surface area contributed by atoms with Crippen LogP contribution < -0.4 is 5.43 Å². The SMILES string of the molecule is CC(C)(C)OC(=O)NN1CCN(S(=O)(=O)c2ccccc2[N+](=O)[O-])CC1. The molecule has 10 nitrogen and oxygen atoms in total. The highest BCUT2D eigenvalue weighted by molar-refractivity contribution is 7.89. The van der Waals surface area contributed by atoms with Crippen LogP contribution in [0.4, 0.5) is 10.5 Å². The normalized spacial score (nSPS) is 16.9. The second kappa shape index (κ2) is 7.56. The summed E-state index contributed by atoms with van der Waals surface area (Å²) in [5.74, 6) is 0. The lowest BCUT2D eigenvalue weighted by atomic mass is 10.2. The maximum Gasteiger partial charge on any atom is 0.422 e. The van der Waals surface area contributed by atoms with E-state index in [1.165, 1.54) is 22.5 Å². The van der Waals surface area contributed by atoms with E-state index in [4.69, 9.17) is 4.74 Å². The molecule has 0 unspecified atom stereocenters. The fourth-order valence-corrected chi connectivity index (χ4v) is 4.02. The maximum atomic E-state index is 12.7. The Morgan fingerprint density at radius 3 is 2.31 bits per heavy atom. The third kappa shape index (κ3) is 4.90. The van der Waals surface area contributed by atoms with Gasteiger partial charge in [0, 0.05) is 32.2 Å². The van der Waals surface area contributed by atoms with E-state index in [1.54, 1.807) is 25.8 Å². The van der Waals surface area contributed by atoms with Gasteiger partial charge in [-0.1, -0.05) is 12.1 Å². The molecule has 144 valence electrons. The quantitative estimate of drug-likeness (QED) is 0.612. The Balaban J connectivity index is 2.03. The molecule has 1 aromatic carbocycles. The van der Waals surface area contributed by atoms with Gasteiger partial charge in [0.1, 0.15) is 5.60 Å². The summed E-state index contributed by atoms with van der Waals surface area (Å²) < 4.78 is 31.8. The number of hydrogen-bond donors (Lipinski definition) is 1. The van der Waals surface area contributed by atoms with Crippen LogP contribution >= 0.6 is 0 Å².